The molecule has 0 aromatic rings. The number of hydrogen-bond acceptors (Lipinski definition) is 4. The molecule has 0 aromatic heterocycles. The van der Waals surface area contributed by atoms with Gasteiger partial charge in [-0.25, -0.2) is 4.57 Å². The molecule has 2 unspecified atom stereocenters. The zero-order valence-electron chi connectivity index (χ0n) is 6.62. The van der Waals surface area contributed by atoms with Gasteiger partial charge < -0.3 is 20.0 Å². The average molecular weight is 200 g/mol. The molecule has 0 spiro atoms. The summed E-state index contributed by atoms with van der Waals surface area (Å²) in [5, 5.41) is 17.6. The van der Waals surface area contributed by atoms with Crippen LogP contribution in [-0.2, 0) is 9.09 Å². The average Bonchev–Trinajstić information content (AvgIpc) is 1.97. The van der Waals surface area contributed by atoms with Crippen LogP contribution in [0, 0.1) is 5.92 Å². The highest BCUT2D eigenvalue weighted by atomic mass is 31.2. The van der Waals surface area contributed by atoms with Gasteiger partial charge >= 0.3 is 7.82 Å². The maximum atomic E-state index is 10.1. The Labute approximate surface area is 70.0 Å². The molecule has 0 fully saturated rings. The van der Waals surface area contributed by atoms with Crippen LogP contribution in [-0.4, -0.2) is 39.3 Å². The van der Waals surface area contributed by atoms with Crippen molar-refractivity contribution in [1.29, 1.82) is 0 Å². The first-order chi connectivity index (χ1) is 5.37. The van der Waals surface area contributed by atoms with Crippen LogP contribution in [0.3, 0.4) is 0 Å². The number of rotatable bonds is 5. The van der Waals surface area contributed by atoms with Crippen molar-refractivity contribution in [2.24, 2.45) is 5.92 Å². The van der Waals surface area contributed by atoms with E-state index in [-0.39, 0.29) is 6.61 Å². The minimum Gasteiger partial charge on any atom is -0.396 e. The van der Waals surface area contributed by atoms with Crippen molar-refractivity contribution in [2.75, 3.05) is 13.2 Å². The van der Waals surface area contributed by atoms with Crippen molar-refractivity contribution in [2.45, 2.75) is 13.0 Å². The van der Waals surface area contributed by atoms with E-state index in [1.54, 1.807) is 0 Å². The maximum absolute atomic E-state index is 10.1. The zero-order chi connectivity index (χ0) is 9.78. The number of phosphoric ester groups is 1. The second-order valence-electron chi connectivity index (χ2n) is 2.51. The monoisotopic (exact) mass is 200 g/mol. The van der Waals surface area contributed by atoms with E-state index < -0.39 is 26.5 Å². The summed E-state index contributed by atoms with van der Waals surface area (Å²) in [4.78, 5) is 16.5. The second-order valence-corrected chi connectivity index (χ2v) is 3.75. The molecule has 6 nitrogen and oxygen atoms in total. The Balaban J connectivity index is 3.71. The fraction of sp³-hybridized carbons (Fsp3) is 1.00. The summed E-state index contributed by atoms with van der Waals surface area (Å²) in [6.07, 6.45) is -1.07. The normalized spacial score (nSPS) is 17.4. The van der Waals surface area contributed by atoms with Gasteiger partial charge in [-0.05, 0) is 0 Å². The topological polar surface area (TPSA) is 107 Å². The molecule has 0 rings (SSSR count). The first-order valence-electron chi connectivity index (χ1n) is 3.36. The summed E-state index contributed by atoms with van der Waals surface area (Å²) in [5.74, 6) is -0.462. The van der Waals surface area contributed by atoms with Gasteiger partial charge in [0, 0.05) is 12.5 Å². The van der Waals surface area contributed by atoms with Gasteiger partial charge in [0.15, 0.2) is 0 Å². The highest BCUT2D eigenvalue weighted by Gasteiger charge is 2.20. The lowest BCUT2D eigenvalue weighted by atomic mass is 10.1. The van der Waals surface area contributed by atoms with Crippen LogP contribution in [0.1, 0.15) is 6.92 Å². The number of hydrogen-bond donors (Lipinski definition) is 4. The molecule has 12 heavy (non-hydrogen) atoms. The van der Waals surface area contributed by atoms with E-state index in [2.05, 4.69) is 4.52 Å². The van der Waals surface area contributed by atoms with E-state index in [0.29, 0.717) is 0 Å². The van der Waals surface area contributed by atoms with Crippen molar-refractivity contribution in [1.82, 2.24) is 0 Å². The first-order valence-corrected chi connectivity index (χ1v) is 4.89. The summed E-state index contributed by atoms with van der Waals surface area (Å²) in [5.41, 5.74) is 0. The third kappa shape index (κ3) is 5.65. The minimum absolute atomic E-state index is 0.258. The van der Waals surface area contributed by atoms with Crippen molar-refractivity contribution >= 4 is 7.82 Å². The van der Waals surface area contributed by atoms with Crippen molar-refractivity contribution in [3.8, 4) is 0 Å². The smallest absolute Gasteiger partial charge is 0.396 e. The van der Waals surface area contributed by atoms with Gasteiger partial charge in [-0.15, -0.1) is 0 Å². The molecule has 0 aliphatic carbocycles. The van der Waals surface area contributed by atoms with Crippen LogP contribution in [0.2, 0.25) is 0 Å². The molecule has 0 heterocycles. The predicted molar refractivity (Wildman–Crippen MR) is 40.3 cm³/mol. The number of aliphatic hydroxyl groups excluding tert-OH is 2. The summed E-state index contributed by atoms with van der Waals surface area (Å²) in [6, 6.07) is 0. The fourth-order valence-electron chi connectivity index (χ4n) is 0.459. The lowest BCUT2D eigenvalue weighted by molar-refractivity contribution is 0.0280. The van der Waals surface area contributed by atoms with Crippen molar-refractivity contribution in [3.63, 3.8) is 0 Å². The largest absolute Gasteiger partial charge is 0.469 e. The number of aliphatic hydroxyl groups is 2. The van der Waals surface area contributed by atoms with Gasteiger partial charge in [0.05, 0.1) is 12.7 Å². The molecule has 74 valence electrons. The van der Waals surface area contributed by atoms with Gasteiger partial charge in [-0.2, -0.15) is 0 Å². The Hall–Kier alpha value is 0.0300. The molecular formula is C5H13O6P. The first kappa shape index (κ1) is 12.0. The molecule has 7 heteroatoms. The van der Waals surface area contributed by atoms with E-state index in [1.165, 1.54) is 6.92 Å². The van der Waals surface area contributed by atoms with Crippen LogP contribution in [0.15, 0.2) is 0 Å². The van der Waals surface area contributed by atoms with E-state index in [9.17, 15) is 4.57 Å². The van der Waals surface area contributed by atoms with Gasteiger partial charge in [0.2, 0.25) is 0 Å². The van der Waals surface area contributed by atoms with Crippen LogP contribution >= 0.6 is 7.82 Å². The standard InChI is InChI=1S/C5H13O6P/c1-4(2-6)5(7)3-11-12(8,9)10/h4-7H,2-3H2,1H3,(H2,8,9,10). The SMILES string of the molecule is CC(CO)C(O)COP(=O)(O)O. The molecule has 0 saturated carbocycles. The molecule has 0 bridgehead atoms. The van der Waals surface area contributed by atoms with Gasteiger partial charge in [0.1, 0.15) is 0 Å². The van der Waals surface area contributed by atoms with Crippen LogP contribution < -0.4 is 0 Å². The Morgan fingerprint density at radius 2 is 2.00 bits per heavy atom. The maximum Gasteiger partial charge on any atom is 0.469 e. The third-order valence-electron chi connectivity index (χ3n) is 1.36. The van der Waals surface area contributed by atoms with E-state index in [0.717, 1.165) is 0 Å². The fourth-order valence-corrected chi connectivity index (χ4v) is 0.806. The van der Waals surface area contributed by atoms with Gasteiger partial charge in [-0.1, -0.05) is 6.92 Å². The third-order valence-corrected chi connectivity index (χ3v) is 1.84. The molecule has 0 radical (unpaired) electrons. The van der Waals surface area contributed by atoms with E-state index in [1.807, 2.05) is 0 Å². The number of phosphoric acid groups is 1. The molecule has 0 saturated heterocycles. The summed E-state index contributed by atoms with van der Waals surface area (Å²) in [6.45, 7) is 0.797. The molecular weight excluding hydrogens is 187 g/mol. The Kier molecular flexibility index (Phi) is 4.92. The Bertz CT molecular complexity index is 165. The second kappa shape index (κ2) is 4.91. The predicted octanol–water partition coefficient (Wildman–Crippen LogP) is -0.915. The lowest BCUT2D eigenvalue weighted by Crippen LogP contribution is -2.25. The molecule has 0 aliphatic heterocycles. The highest BCUT2D eigenvalue weighted by Crippen LogP contribution is 2.35. The van der Waals surface area contributed by atoms with Crippen LogP contribution in [0.4, 0.5) is 0 Å². The van der Waals surface area contributed by atoms with Crippen molar-refractivity contribution < 1.29 is 29.1 Å². The zero-order valence-corrected chi connectivity index (χ0v) is 7.52. The molecule has 0 aromatic carbocycles. The van der Waals surface area contributed by atoms with Crippen molar-refractivity contribution in [3.05, 3.63) is 0 Å². The molecule has 0 aliphatic rings. The minimum atomic E-state index is -4.51. The molecule has 0 amide bonds. The highest BCUT2D eigenvalue weighted by molar-refractivity contribution is 7.46. The summed E-state index contributed by atoms with van der Waals surface area (Å²) < 4.78 is 14.2. The van der Waals surface area contributed by atoms with Gasteiger partial charge in [0.25, 0.3) is 0 Å². The quantitative estimate of drug-likeness (QED) is 0.428. The summed E-state index contributed by atoms with van der Waals surface area (Å²) in [7, 11) is -4.51. The Morgan fingerprint density at radius 1 is 1.50 bits per heavy atom. The van der Waals surface area contributed by atoms with Crippen LogP contribution in [0.25, 0.3) is 0 Å². The summed E-state index contributed by atoms with van der Waals surface area (Å²) >= 11 is 0. The Morgan fingerprint density at radius 3 is 2.33 bits per heavy atom. The van der Waals surface area contributed by atoms with Crippen LogP contribution in [0.5, 0.6) is 0 Å². The lowest BCUT2D eigenvalue weighted by Gasteiger charge is -2.16. The van der Waals surface area contributed by atoms with E-state index >= 15 is 0 Å². The van der Waals surface area contributed by atoms with E-state index in [4.69, 9.17) is 20.0 Å². The molecule has 4 N–H and O–H groups in total. The van der Waals surface area contributed by atoms with Gasteiger partial charge in [-0.3, -0.25) is 4.52 Å². The molecule has 2 atom stereocenters.